The minimum atomic E-state index is 0.559. The van der Waals surface area contributed by atoms with E-state index in [0.29, 0.717) is 12.1 Å². The highest BCUT2D eigenvalue weighted by molar-refractivity contribution is 5.39. The van der Waals surface area contributed by atoms with Gasteiger partial charge in [0.15, 0.2) is 0 Å². The van der Waals surface area contributed by atoms with Crippen LogP contribution in [0, 0.1) is 11.3 Å². The zero-order valence-corrected chi connectivity index (χ0v) is 8.88. The second kappa shape index (κ2) is 4.45. The highest BCUT2D eigenvalue weighted by Crippen LogP contribution is 2.05. The van der Waals surface area contributed by atoms with E-state index in [4.69, 9.17) is 5.26 Å². The van der Waals surface area contributed by atoms with Crippen LogP contribution in [-0.4, -0.2) is 14.8 Å². The summed E-state index contributed by atoms with van der Waals surface area (Å²) >= 11 is 0. The van der Waals surface area contributed by atoms with Crippen molar-refractivity contribution in [1.29, 1.82) is 5.26 Å². The quantitative estimate of drug-likeness (QED) is 0.834. The summed E-state index contributed by atoms with van der Waals surface area (Å²) in [6, 6.07) is 7.48. The van der Waals surface area contributed by atoms with Crippen LogP contribution in [0.4, 0.5) is 5.82 Å². The zero-order valence-electron chi connectivity index (χ0n) is 8.88. The van der Waals surface area contributed by atoms with Crippen molar-refractivity contribution in [2.45, 2.75) is 6.54 Å². The van der Waals surface area contributed by atoms with Gasteiger partial charge < -0.3 is 5.32 Å². The van der Waals surface area contributed by atoms with Gasteiger partial charge in [-0.3, -0.25) is 4.68 Å². The number of hydrogen-bond acceptors (Lipinski definition) is 4. The summed E-state index contributed by atoms with van der Waals surface area (Å²) in [6.45, 7) is 0.625. The van der Waals surface area contributed by atoms with Crippen LogP contribution in [0.3, 0.4) is 0 Å². The Morgan fingerprint density at radius 1 is 1.44 bits per heavy atom. The molecule has 0 fully saturated rings. The van der Waals surface area contributed by atoms with Gasteiger partial charge in [-0.25, -0.2) is 4.98 Å². The van der Waals surface area contributed by atoms with Gasteiger partial charge in [0.2, 0.25) is 0 Å². The molecule has 16 heavy (non-hydrogen) atoms. The lowest BCUT2D eigenvalue weighted by Crippen LogP contribution is -2.02. The Bertz CT molecular complexity index is 506. The molecule has 0 aliphatic rings. The average molecular weight is 213 g/mol. The summed E-state index contributed by atoms with van der Waals surface area (Å²) in [4.78, 5) is 4.10. The summed E-state index contributed by atoms with van der Waals surface area (Å²) in [6.07, 6.45) is 3.43. The lowest BCUT2D eigenvalue weighted by molar-refractivity contribution is 0.747. The molecule has 2 aromatic heterocycles. The molecule has 2 heterocycles. The normalized spacial score (nSPS) is 9.75. The molecule has 0 amide bonds. The molecule has 0 radical (unpaired) electrons. The third-order valence-electron chi connectivity index (χ3n) is 2.11. The minimum Gasteiger partial charge on any atom is -0.364 e. The fraction of sp³-hybridized carbons (Fsp3) is 0.182. The van der Waals surface area contributed by atoms with E-state index >= 15 is 0 Å². The first-order chi connectivity index (χ1) is 7.78. The molecular weight excluding hydrogens is 202 g/mol. The molecule has 1 N–H and O–H groups in total. The molecule has 0 saturated carbocycles. The van der Waals surface area contributed by atoms with E-state index in [1.54, 1.807) is 23.0 Å². The van der Waals surface area contributed by atoms with Crippen molar-refractivity contribution in [3.05, 3.63) is 41.9 Å². The molecular formula is C11H11N5. The summed E-state index contributed by atoms with van der Waals surface area (Å²) < 4.78 is 1.75. The number of nitrogens with one attached hydrogen (secondary N) is 1. The van der Waals surface area contributed by atoms with Crippen molar-refractivity contribution in [1.82, 2.24) is 14.8 Å². The van der Waals surface area contributed by atoms with Crippen LogP contribution >= 0.6 is 0 Å². The van der Waals surface area contributed by atoms with Crippen molar-refractivity contribution in [2.75, 3.05) is 5.32 Å². The van der Waals surface area contributed by atoms with E-state index in [0.717, 1.165) is 11.5 Å². The highest BCUT2D eigenvalue weighted by Gasteiger charge is 1.98. The van der Waals surface area contributed by atoms with Crippen molar-refractivity contribution in [3.63, 3.8) is 0 Å². The zero-order chi connectivity index (χ0) is 11.4. The number of nitrogens with zero attached hydrogens (tertiary/aromatic N) is 4. The fourth-order valence-electron chi connectivity index (χ4n) is 1.30. The molecule has 0 bridgehead atoms. The van der Waals surface area contributed by atoms with Gasteiger partial charge in [0, 0.05) is 19.4 Å². The summed E-state index contributed by atoms with van der Waals surface area (Å²) in [5.74, 6) is 0.740. The summed E-state index contributed by atoms with van der Waals surface area (Å²) in [5, 5.41) is 16.0. The molecule has 0 aliphatic heterocycles. The maximum absolute atomic E-state index is 8.62. The van der Waals surface area contributed by atoms with Crippen LogP contribution in [-0.2, 0) is 13.6 Å². The third-order valence-corrected chi connectivity index (χ3v) is 2.11. The first kappa shape index (κ1) is 10.2. The van der Waals surface area contributed by atoms with Gasteiger partial charge in [-0.2, -0.15) is 10.4 Å². The van der Waals surface area contributed by atoms with Crippen LogP contribution in [0.1, 0.15) is 11.3 Å². The van der Waals surface area contributed by atoms with Gasteiger partial charge in [-0.15, -0.1) is 0 Å². The molecule has 0 aromatic carbocycles. The van der Waals surface area contributed by atoms with Gasteiger partial charge in [0.05, 0.1) is 17.8 Å². The Morgan fingerprint density at radius 2 is 2.31 bits per heavy atom. The molecule has 0 saturated heterocycles. The van der Waals surface area contributed by atoms with Crippen LogP contribution < -0.4 is 5.32 Å². The van der Waals surface area contributed by atoms with Crippen molar-refractivity contribution < 1.29 is 0 Å². The number of pyridine rings is 1. The smallest absolute Gasteiger partial charge is 0.126 e. The second-order valence-corrected chi connectivity index (χ2v) is 3.38. The maximum Gasteiger partial charge on any atom is 0.126 e. The molecule has 0 atom stereocenters. The Labute approximate surface area is 93.4 Å². The largest absolute Gasteiger partial charge is 0.364 e. The van der Waals surface area contributed by atoms with Crippen molar-refractivity contribution >= 4 is 5.82 Å². The van der Waals surface area contributed by atoms with E-state index in [-0.39, 0.29) is 0 Å². The number of anilines is 1. The van der Waals surface area contributed by atoms with Crippen LogP contribution in [0.15, 0.2) is 30.6 Å². The van der Waals surface area contributed by atoms with E-state index < -0.39 is 0 Å². The van der Waals surface area contributed by atoms with E-state index in [9.17, 15) is 0 Å². The molecule has 0 unspecified atom stereocenters. The van der Waals surface area contributed by atoms with Crippen molar-refractivity contribution in [2.24, 2.45) is 7.05 Å². The number of aryl methyl sites for hydroxylation is 1. The highest BCUT2D eigenvalue weighted by atomic mass is 15.3. The number of nitriles is 1. The van der Waals surface area contributed by atoms with Gasteiger partial charge in [-0.1, -0.05) is 0 Å². The predicted octanol–water partition coefficient (Wildman–Crippen LogP) is 1.30. The summed E-state index contributed by atoms with van der Waals surface area (Å²) in [7, 11) is 1.88. The lowest BCUT2D eigenvalue weighted by Gasteiger charge is -2.02. The molecule has 0 spiro atoms. The predicted molar refractivity (Wildman–Crippen MR) is 59.5 cm³/mol. The number of hydrogen-bond donors (Lipinski definition) is 1. The topological polar surface area (TPSA) is 66.5 Å². The Balaban J connectivity index is 1.97. The lowest BCUT2D eigenvalue weighted by atomic mass is 10.3. The number of aromatic nitrogens is 3. The van der Waals surface area contributed by atoms with E-state index in [2.05, 4.69) is 15.4 Å². The molecule has 0 aliphatic carbocycles. The van der Waals surface area contributed by atoms with Gasteiger partial charge in [0.25, 0.3) is 0 Å². The monoisotopic (exact) mass is 213 g/mol. The number of rotatable bonds is 3. The Kier molecular flexibility index (Phi) is 2.83. The molecule has 2 aromatic rings. The van der Waals surface area contributed by atoms with Gasteiger partial charge in [0.1, 0.15) is 11.9 Å². The third kappa shape index (κ3) is 2.36. The molecule has 5 nitrogen and oxygen atoms in total. The van der Waals surface area contributed by atoms with Gasteiger partial charge in [-0.05, 0) is 18.2 Å². The van der Waals surface area contributed by atoms with Crippen LogP contribution in [0.25, 0.3) is 0 Å². The molecule has 5 heteroatoms. The van der Waals surface area contributed by atoms with Crippen LogP contribution in [0.2, 0.25) is 0 Å². The first-order valence-corrected chi connectivity index (χ1v) is 4.86. The standard InChI is InChI=1S/C11H11N5/c1-16-5-4-10(15-16)8-14-11-3-2-9(6-12)7-13-11/h2-5,7H,8H2,1H3,(H,13,14). The SMILES string of the molecule is Cn1ccc(CNc2ccc(C#N)cn2)n1. The van der Waals surface area contributed by atoms with E-state index in [1.165, 1.54) is 0 Å². The maximum atomic E-state index is 8.62. The van der Waals surface area contributed by atoms with E-state index in [1.807, 2.05) is 25.4 Å². The second-order valence-electron chi connectivity index (χ2n) is 3.38. The minimum absolute atomic E-state index is 0.559. The Hall–Kier alpha value is -2.35. The molecule has 80 valence electrons. The average Bonchev–Trinajstić information content (AvgIpc) is 2.73. The van der Waals surface area contributed by atoms with Crippen molar-refractivity contribution in [3.8, 4) is 6.07 Å². The van der Waals surface area contributed by atoms with Gasteiger partial charge >= 0.3 is 0 Å². The fourth-order valence-corrected chi connectivity index (χ4v) is 1.30. The van der Waals surface area contributed by atoms with Crippen LogP contribution in [0.5, 0.6) is 0 Å². The first-order valence-electron chi connectivity index (χ1n) is 4.86. The summed E-state index contributed by atoms with van der Waals surface area (Å²) in [5.41, 5.74) is 1.51. The Morgan fingerprint density at radius 3 is 2.88 bits per heavy atom. The molecule has 2 rings (SSSR count).